The number of carboxylic acid groups (broad SMARTS) is 1. The van der Waals surface area contributed by atoms with Gasteiger partial charge in [0.1, 0.15) is 0 Å². The first-order valence-corrected chi connectivity index (χ1v) is 7.62. The van der Waals surface area contributed by atoms with Gasteiger partial charge in [0, 0.05) is 18.7 Å². The van der Waals surface area contributed by atoms with Gasteiger partial charge in [-0.15, -0.1) is 11.8 Å². The third kappa shape index (κ3) is 8.37. The quantitative estimate of drug-likeness (QED) is 0.686. The Labute approximate surface area is 123 Å². The Bertz CT molecular complexity index is 446. The average molecular weight is 293 g/mol. The van der Waals surface area contributed by atoms with E-state index >= 15 is 0 Å². The van der Waals surface area contributed by atoms with E-state index in [2.05, 4.69) is 5.32 Å². The van der Waals surface area contributed by atoms with Gasteiger partial charge in [-0.3, -0.25) is 9.59 Å². The summed E-state index contributed by atoms with van der Waals surface area (Å²) in [4.78, 5) is 21.8. The molecule has 0 aromatic heterocycles. The smallest absolute Gasteiger partial charge is 0.313 e. The second kappa shape index (κ2) is 10.1. The lowest BCUT2D eigenvalue weighted by Gasteiger charge is -2.02. The first kappa shape index (κ1) is 16.3. The van der Waals surface area contributed by atoms with Crippen molar-refractivity contribution in [3.8, 4) is 0 Å². The number of benzene rings is 1. The van der Waals surface area contributed by atoms with E-state index in [-0.39, 0.29) is 11.7 Å². The molecule has 2 N–H and O–H groups in total. The molecule has 1 rings (SSSR count). The van der Waals surface area contributed by atoms with E-state index in [9.17, 15) is 9.59 Å². The lowest BCUT2D eigenvalue weighted by molar-refractivity contribution is -0.133. The van der Waals surface area contributed by atoms with Gasteiger partial charge in [0.2, 0.25) is 5.91 Å². The van der Waals surface area contributed by atoms with E-state index in [0.717, 1.165) is 5.56 Å². The largest absolute Gasteiger partial charge is 0.481 e. The number of amides is 1. The highest BCUT2D eigenvalue weighted by Gasteiger charge is 2.00. The molecular formula is C15H19NO3S. The molecule has 0 bridgehead atoms. The molecular weight excluding hydrogens is 274 g/mol. The second-order valence-electron chi connectivity index (χ2n) is 4.15. The molecule has 0 radical (unpaired) electrons. The minimum absolute atomic E-state index is 0.00126. The zero-order valence-electron chi connectivity index (χ0n) is 11.2. The Kier molecular flexibility index (Phi) is 8.22. The van der Waals surface area contributed by atoms with Crippen molar-refractivity contribution in [1.82, 2.24) is 5.32 Å². The number of carbonyl (C=O) groups is 2. The third-order valence-electron chi connectivity index (χ3n) is 2.44. The standard InChI is InChI=1S/C15H19NO3S/c17-14(16-10-11-20-12-15(18)19)9-5-4-8-13-6-2-1-3-7-13/h1-4,6-8H,5,9-12H2,(H,16,17)(H,18,19)/b8-4+. The zero-order valence-corrected chi connectivity index (χ0v) is 12.1. The fraction of sp³-hybridized carbons (Fsp3) is 0.333. The Morgan fingerprint density at radius 2 is 2.00 bits per heavy atom. The molecule has 20 heavy (non-hydrogen) atoms. The third-order valence-corrected chi connectivity index (χ3v) is 3.39. The van der Waals surface area contributed by atoms with Crippen LogP contribution in [0.25, 0.3) is 6.08 Å². The van der Waals surface area contributed by atoms with Crippen LogP contribution in [0.1, 0.15) is 18.4 Å². The summed E-state index contributed by atoms with van der Waals surface area (Å²) in [6.07, 6.45) is 5.13. The molecule has 5 heteroatoms. The van der Waals surface area contributed by atoms with Crippen molar-refractivity contribution in [3.05, 3.63) is 42.0 Å². The van der Waals surface area contributed by atoms with Crippen molar-refractivity contribution >= 4 is 29.7 Å². The van der Waals surface area contributed by atoms with Gasteiger partial charge in [-0.05, 0) is 12.0 Å². The Morgan fingerprint density at radius 1 is 1.25 bits per heavy atom. The summed E-state index contributed by atoms with van der Waals surface area (Å²) in [6, 6.07) is 9.93. The lowest BCUT2D eigenvalue weighted by Crippen LogP contribution is -2.25. The van der Waals surface area contributed by atoms with E-state index in [1.165, 1.54) is 11.8 Å². The van der Waals surface area contributed by atoms with Gasteiger partial charge in [0.05, 0.1) is 5.75 Å². The van der Waals surface area contributed by atoms with Crippen molar-refractivity contribution < 1.29 is 14.7 Å². The summed E-state index contributed by atoms with van der Waals surface area (Å²) in [7, 11) is 0. The molecule has 1 aromatic carbocycles. The van der Waals surface area contributed by atoms with Crippen molar-refractivity contribution in [2.24, 2.45) is 0 Å². The van der Waals surface area contributed by atoms with Crippen molar-refractivity contribution in [1.29, 1.82) is 0 Å². The van der Waals surface area contributed by atoms with Crippen LogP contribution in [-0.4, -0.2) is 35.0 Å². The van der Waals surface area contributed by atoms with Crippen LogP contribution >= 0.6 is 11.8 Å². The molecule has 0 atom stereocenters. The number of thioether (sulfide) groups is 1. The summed E-state index contributed by atoms with van der Waals surface area (Å²) in [6.45, 7) is 0.513. The monoisotopic (exact) mass is 293 g/mol. The summed E-state index contributed by atoms with van der Waals surface area (Å²) in [5.41, 5.74) is 1.12. The highest BCUT2D eigenvalue weighted by molar-refractivity contribution is 7.99. The zero-order chi connectivity index (χ0) is 14.6. The van der Waals surface area contributed by atoms with Crippen LogP contribution in [0.5, 0.6) is 0 Å². The predicted octanol–water partition coefficient (Wildman–Crippen LogP) is 2.41. The van der Waals surface area contributed by atoms with Gasteiger partial charge in [0.15, 0.2) is 0 Å². The summed E-state index contributed by atoms with van der Waals surface area (Å²) < 4.78 is 0. The molecule has 0 spiro atoms. The highest BCUT2D eigenvalue weighted by atomic mass is 32.2. The molecule has 0 aliphatic heterocycles. The highest BCUT2D eigenvalue weighted by Crippen LogP contribution is 2.03. The molecule has 0 saturated heterocycles. The Morgan fingerprint density at radius 3 is 2.70 bits per heavy atom. The normalized spacial score (nSPS) is 10.6. The average Bonchev–Trinajstić information content (AvgIpc) is 2.44. The van der Waals surface area contributed by atoms with E-state index < -0.39 is 5.97 Å². The molecule has 108 valence electrons. The molecule has 4 nitrogen and oxygen atoms in total. The van der Waals surface area contributed by atoms with E-state index in [1.807, 2.05) is 42.5 Å². The minimum atomic E-state index is -0.827. The van der Waals surface area contributed by atoms with E-state index in [4.69, 9.17) is 5.11 Å². The molecule has 0 fully saturated rings. The number of carbonyl (C=O) groups excluding carboxylic acids is 1. The van der Waals surface area contributed by atoms with Crippen molar-refractivity contribution in [3.63, 3.8) is 0 Å². The Balaban J connectivity index is 2.05. The van der Waals surface area contributed by atoms with Crippen molar-refractivity contribution in [2.45, 2.75) is 12.8 Å². The fourth-order valence-electron chi connectivity index (χ4n) is 1.51. The fourth-order valence-corrected chi connectivity index (χ4v) is 2.07. The molecule has 0 saturated carbocycles. The number of nitrogens with one attached hydrogen (secondary N) is 1. The molecule has 0 heterocycles. The maximum atomic E-state index is 11.5. The number of aliphatic carboxylic acids is 1. The van der Waals surface area contributed by atoms with Crippen LogP contribution < -0.4 is 5.32 Å². The first-order chi connectivity index (χ1) is 9.68. The summed E-state index contributed by atoms with van der Waals surface area (Å²) >= 11 is 1.30. The van der Waals surface area contributed by atoms with Gasteiger partial charge in [-0.25, -0.2) is 0 Å². The van der Waals surface area contributed by atoms with Gasteiger partial charge < -0.3 is 10.4 Å². The molecule has 0 unspecified atom stereocenters. The molecule has 1 aromatic rings. The van der Waals surface area contributed by atoms with Crippen LogP contribution in [-0.2, 0) is 9.59 Å². The minimum Gasteiger partial charge on any atom is -0.481 e. The van der Waals surface area contributed by atoms with Gasteiger partial charge in [0.25, 0.3) is 0 Å². The molecule has 0 aliphatic carbocycles. The van der Waals surface area contributed by atoms with Crippen LogP contribution in [0.15, 0.2) is 36.4 Å². The number of rotatable bonds is 9. The Hall–Kier alpha value is -1.75. The number of hydrogen-bond donors (Lipinski definition) is 2. The van der Waals surface area contributed by atoms with Gasteiger partial charge in [-0.1, -0.05) is 42.5 Å². The summed E-state index contributed by atoms with van der Waals surface area (Å²) in [5.74, 6) is -0.126. The van der Waals surface area contributed by atoms with Crippen LogP contribution in [0.4, 0.5) is 0 Å². The number of carboxylic acids is 1. The van der Waals surface area contributed by atoms with E-state index in [0.29, 0.717) is 25.1 Å². The van der Waals surface area contributed by atoms with Crippen molar-refractivity contribution in [2.75, 3.05) is 18.1 Å². The topological polar surface area (TPSA) is 66.4 Å². The number of hydrogen-bond acceptors (Lipinski definition) is 3. The number of allylic oxidation sites excluding steroid dienone is 1. The van der Waals surface area contributed by atoms with Crippen LogP contribution in [0.2, 0.25) is 0 Å². The van der Waals surface area contributed by atoms with E-state index in [1.54, 1.807) is 0 Å². The molecule has 0 aliphatic rings. The van der Waals surface area contributed by atoms with Gasteiger partial charge in [-0.2, -0.15) is 0 Å². The summed E-state index contributed by atoms with van der Waals surface area (Å²) in [5, 5.41) is 11.2. The maximum Gasteiger partial charge on any atom is 0.313 e. The lowest BCUT2D eigenvalue weighted by atomic mass is 10.2. The molecule has 1 amide bonds. The predicted molar refractivity (Wildman–Crippen MR) is 82.7 cm³/mol. The second-order valence-corrected chi connectivity index (χ2v) is 5.25. The SMILES string of the molecule is O=C(O)CSCCNC(=O)CC/C=C/c1ccccc1. The first-order valence-electron chi connectivity index (χ1n) is 6.46. The van der Waals surface area contributed by atoms with Crippen LogP contribution in [0, 0.1) is 0 Å². The van der Waals surface area contributed by atoms with Crippen LogP contribution in [0.3, 0.4) is 0 Å². The van der Waals surface area contributed by atoms with Gasteiger partial charge >= 0.3 is 5.97 Å². The maximum absolute atomic E-state index is 11.5.